The van der Waals surface area contributed by atoms with E-state index in [1.807, 2.05) is 18.2 Å². The van der Waals surface area contributed by atoms with Gasteiger partial charge in [-0.1, -0.05) is 30.0 Å². The van der Waals surface area contributed by atoms with E-state index >= 15 is 0 Å². The molecule has 0 N–H and O–H groups in total. The van der Waals surface area contributed by atoms with Gasteiger partial charge in [-0.3, -0.25) is 0 Å². The Morgan fingerprint density at radius 1 is 1.09 bits per heavy atom. The van der Waals surface area contributed by atoms with Gasteiger partial charge in [0.1, 0.15) is 5.82 Å². The van der Waals surface area contributed by atoms with Crippen molar-refractivity contribution >= 4 is 11.8 Å². The molecule has 0 saturated heterocycles. The Hall–Kier alpha value is -2.65. The molecule has 3 aromatic rings. The van der Waals surface area contributed by atoms with Crippen LogP contribution in [0.5, 0.6) is 0 Å². The lowest BCUT2D eigenvalue weighted by atomic mass is 10.1. The maximum absolute atomic E-state index is 12.9. The Kier molecular flexibility index (Phi) is 4.17. The molecule has 1 heterocycles. The van der Waals surface area contributed by atoms with E-state index in [0.717, 1.165) is 5.56 Å². The molecule has 0 unspecified atom stereocenters. The van der Waals surface area contributed by atoms with E-state index in [1.54, 1.807) is 18.2 Å². The third kappa shape index (κ3) is 3.15. The highest BCUT2D eigenvalue weighted by Gasteiger charge is 2.10. The van der Waals surface area contributed by atoms with E-state index in [2.05, 4.69) is 16.3 Å². The molecule has 0 aliphatic rings. The maximum atomic E-state index is 12.9. The largest absolute Gasteiger partial charge is 0.411 e. The first-order valence-corrected chi connectivity index (χ1v) is 7.45. The molecule has 3 rings (SSSR count). The predicted molar refractivity (Wildman–Crippen MR) is 80.4 cm³/mol. The smallest absolute Gasteiger partial charge is 0.277 e. The van der Waals surface area contributed by atoms with Gasteiger partial charge in [0.15, 0.2) is 0 Å². The van der Waals surface area contributed by atoms with Gasteiger partial charge in [-0.2, -0.15) is 5.26 Å². The second-order valence-corrected chi connectivity index (χ2v) is 5.36. The number of thioether (sulfide) groups is 1. The van der Waals surface area contributed by atoms with Gasteiger partial charge >= 0.3 is 0 Å². The average Bonchev–Trinajstić information content (AvgIpc) is 3.03. The quantitative estimate of drug-likeness (QED) is 0.680. The molecule has 0 atom stereocenters. The molecule has 0 radical (unpaired) electrons. The summed E-state index contributed by atoms with van der Waals surface area (Å²) in [5.41, 5.74) is 2.21. The van der Waals surface area contributed by atoms with Crippen LogP contribution in [0.2, 0.25) is 0 Å². The van der Waals surface area contributed by atoms with Crippen LogP contribution in [0.25, 0.3) is 11.5 Å². The third-order valence-corrected chi connectivity index (χ3v) is 3.85. The van der Waals surface area contributed by atoms with E-state index in [1.165, 1.54) is 23.9 Å². The van der Waals surface area contributed by atoms with E-state index in [4.69, 9.17) is 9.68 Å². The SMILES string of the molecule is N#Cc1ccccc1CSc1nnc(-c2ccc(F)cc2)o1. The molecule has 4 nitrogen and oxygen atoms in total. The first-order chi connectivity index (χ1) is 10.8. The van der Waals surface area contributed by atoms with Crippen LogP contribution in [-0.2, 0) is 5.75 Å². The zero-order valence-corrected chi connectivity index (χ0v) is 12.2. The summed E-state index contributed by atoms with van der Waals surface area (Å²) in [6, 6.07) is 15.4. The lowest BCUT2D eigenvalue weighted by molar-refractivity contribution is 0.465. The van der Waals surface area contributed by atoms with Crippen LogP contribution >= 0.6 is 11.8 Å². The maximum Gasteiger partial charge on any atom is 0.277 e. The van der Waals surface area contributed by atoms with Gasteiger partial charge in [-0.25, -0.2) is 4.39 Å². The molecular formula is C16H10FN3OS. The second kappa shape index (κ2) is 6.41. The van der Waals surface area contributed by atoms with Gasteiger partial charge in [0.2, 0.25) is 5.89 Å². The van der Waals surface area contributed by atoms with Crippen molar-refractivity contribution in [2.75, 3.05) is 0 Å². The molecule has 108 valence electrons. The fourth-order valence-electron chi connectivity index (χ4n) is 1.87. The van der Waals surface area contributed by atoms with E-state index < -0.39 is 0 Å². The van der Waals surface area contributed by atoms with Crippen LogP contribution in [0.3, 0.4) is 0 Å². The summed E-state index contributed by atoms with van der Waals surface area (Å²) in [6.45, 7) is 0. The lowest BCUT2D eigenvalue weighted by Gasteiger charge is -2.00. The fourth-order valence-corrected chi connectivity index (χ4v) is 2.64. The normalized spacial score (nSPS) is 10.4. The minimum absolute atomic E-state index is 0.314. The summed E-state index contributed by atoms with van der Waals surface area (Å²) < 4.78 is 18.4. The highest BCUT2D eigenvalue weighted by molar-refractivity contribution is 7.98. The van der Waals surface area contributed by atoms with Crippen LogP contribution in [-0.4, -0.2) is 10.2 Å². The second-order valence-electron chi connectivity index (χ2n) is 4.44. The Balaban J connectivity index is 1.72. The van der Waals surface area contributed by atoms with E-state index in [9.17, 15) is 4.39 Å². The van der Waals surface area contributed by atoms with Gasteiger partial charge < -0.3 is 4.42 Å². The predicted octanol–water partition coefficient (Wildman–Crippen LogP) is 4.04. The van der Waals surface area contributed by atoms with Crippen molar-refractivity contribution in [1.29, 1.82) is 5.26 Å². The number of aromatic nitrogens is 2. The third-order valence-electron chi connectivity index (χ3n) is 2.99. The number of rotatable bonds is 4. The molecule has 22 heavy (non-hydrogen) atoms. The zero-order chi connectivity index (χ0) is 15.4. The van der Waals surface area contributed by atoms with Crippen molar-refractivity contribution in [3.05, 3.63) is 65.5 Å². The monoisotopic (exact) mass is 311 g/mol. The number of hydrogen-bond acceptors (Lipinski definition) is 5. The Labute approximate surface area is 130 Å². The number of benzene rings is 2. The standard InChI is InChI=1S/C16H10FN3OS/c17-14-7-5-11(6-8-14)15-19-20-16(21-15)22-10-13-4-2-1-3-12(13)9-18/h1-8H,10H2. The summed E-state index contributed by atoms with van der Waals surface area (Å²) in [6.07, 6.45) is 0. The molecule has 0 fully saturated rings. The van der Waals surface area contributed by atoms with Crippen molar-refractivity contribution in [2.45, 2.75) is 11.0 Å². The molecule has 0 amide bonds. The first-order valence-electron chi connectivity index (χ1n) is 6.46. The molecule has 0 aliphatic heterocycles. The summed E-state index contributed by atoms with van der Waals surface area (Å²) in [4.78, 5) is 0. The molecule has 0 bridgehead atoms. The van der Waals surface area contributed by atoms with Crippen molar-refractivity contribution in [3.8, 4) is 17.5 Å². The fraction of sp³-hybridized carbons (Fsp3) is 0.0625. The van der Waals surface area contributed by atoms with Crippen molar-refractivity contribution in [1.82, 2.24) is 10.2 Å². The number of nitrogens with zero attached hydrogens (tertiary/aromatic N) is 3. The molecule has 0 spiro atoms. The summed E-state index contributed by atoms with van der Waals surface area (Å²) in [7, 11) is 0. The molecule has 0 saturated carbocycles. The minimum atomic E-state index is -0.314. The summed E-state index contributed by atoms with van der Waals surface area (Å²) >= 11 is 1.36. The Bertz CT molecular complexity index is 824. The van der Waals surface area contributed by atoms with Crippen LogP contribution in [0.4, 0.5) is 4.39 Å². The Morgan fingerprint density at radius 3 is 2.64 bits per heavy atom. The lowest BCUT2D eigenvalue weighted by Crippen LogP contribution is -1.86. The molecule has 1 aromatic heterocycles. The molecular weight excluding hydrogens is 301 g/mol. The minimum Gasteiger partial charge on any atom is -0.411 e. The van der Waals surface area contributed by atoms with Crippen LogP contribution in [0.15, 0.2) is 58.2 Å². The van der Waals surface area contributed by atoms with Crippen LogP contribution in [0.1, 0.15) is 11.1 Å². The van der Waals surface area contributed by atoms with Gasteiger partial charge in [0, 0.05) is 11.3 Å². The highest BCUT2D eigenvalue weighted by atomic mass is 32.2. The van der Waals surface area contributed by atoms with Crippen LogP contribution < -0.4 is 0 Å². The summed E-state index contributed by atoms with van der Waals surface area (Å²) in [5.74, 6) is 0.594. The number of hydrogen-bond donors (Lipinski definition) is 0. The van der Waals surface area contributed by atoms with Gasteiger partial charge in [-0.15, -0.1) is 10.2 Å². The van der Waals surface area contributed by atoms with Gasteiger partial charge in [0.25, 0.3) is 5.22 Å². The van der Waals surface area contributed by atoms with E-state index in [-0.39, 0.29) is 5.82 Å². The van der Waals surface area contributed by atoms with Crippen LogP contribution in [0, 0.1) is 17.1 Å². The topological polar surface area (TPSA) is 62.7 Å². The summed E-state index contributed by atoms with van der Waals surface area (Å²) in [5, 5.41) is 17.4. The molecule has 2 aromatic carbocycles. The van der Waals surface area contributed by atoms with Crippen molar-refractivity contribution in [2.24, 2.45) is 0 Å². The van der Waals surface area contributed by atoms with Gasteiger partial charge in [0.05, 0.1) is 11.6 Å². The van der Waals surface area contributed by atoms with Crippen molar-refractivity contribution in [3.63, 3.8) is 0 Å². The number of halogens is 1. The average molecular weight is 311 g/mol. The zero-order valence-electron chi connectivity index (χ0n) is 11.4. The van der Waals surface area contributed by atoms with E-state index in [0.29, 0.717) is 28.0 Å². The molecule has 6 heteroatoms. The Morgan fingerprint density at radius 2 is 1.86 bits per heavy atom. The first kappa shape index (κ1) is 14.3. The van der Waals surface area contributed by atoms with Crippen molar-refractivity contribution < 1.29 is 8.81 Å². The highest BCUT2D eigenvalue weighted by Crippen LogP contribution is 2.26. The van der Waals surface area contributed by atoms with Gasteiger partial charge in [-0.05, 0) is 35.9 Å². The molecule has 0 aliphatic carbocycles. The number of nitriles is 1.